The second-order valence-electron chi connectivity index (χ2n) is 9.34. The zero-order chi connectivity index (χ0) is 25.4. The van der Waals surface area contributed by atoms with Gasteiger partial charge in [-0.1, -0.05) is 18.2 Å². The number of hydrogen-bond donors (Lipinski definition) is 1. The van der Waals surface area contributed by atoms with E-state index in [1.807, 2.05) is 56.3 Å². The van der Waals surface area contributed by atoms with E-state index in [4.69, 9.17) is 9.15 Å². The van der Waals surface area contributed by atoms with E-state index in [1.54, 1.807) is 48.1 Å². The molecule has 8 nitrogen and oxygen atoms in total. The lowest BCUT2D eigenvalue weighted by Crippen LogP contribution is -2.64. The average molecular weight is 485 g/mol. The van der Waals surface area contributed by atoms with E-state index >= 15 is 0 Å². The van der Waals surface area contributed by atoms with Crippen molar-refractivity contribution in [2.75, 3.05) is 12.0 Å². The molecule has 1 aliphatic heterocycles. The van der Waals surface area contributed by atoms with E-state index in [0.717, 1.165) is 22.4 Å². The van der Waals surface area contributed by atoms with E-state index < -0.39 is 5.54 Å². The third-order valence-corrected chi connectivity index (χ3v) is 6.49. The number of amides is 2. The number of nitrogens with zero attached hydrogens (tertiary/aromatic N) is 3. The van der Waals surface area contributed by atoms with Crippen LogP contribution in [0.15, 0.2) is 71.3 Å². The summed E-state index contributed by atoms with van der Waals surface area (Å²) >= 11 is 0. The molecule has 0 unspecified atom stereocenters. The fourth-order valence-corrected chi connectivity index (χ4v) is 4.73. The Balaban J connectivity index is 1.52. The lowest BCUT2D eigenvalue weighted by atomic mass is 9.93. The maximum absolute atomic E-state index is 13.9. The van der Waals surface area contributed by atoms with Crippen LogP contribution in [0.4, 0.5) is 5.69 Å². The molecule has 184 valence electrons. The first-order chi connectivity index (χ1) is 17.3. The predicted octanol–water partition coefficient (Wildman–Crippen LogP) is 4.50. The lowest BCUT2D eigenvalue weighted by Gasteiger charge is -2.43. The molecule has 2 aromatic carbocycles. The van der Waals surface area contributed by atoms with Crippen LogP contribution in [0.3, 0.4) is 0 Å². The summed E-state index contributed by atoms with van der Waals surface area (Å²) in [6.07, 6.45) is 1.56. The van der Waals surface area contributed by atoms with Gasteiger partial charge in [0.1, 0.15) is 22.7 Å². The SMILES string of the molecule is COc1ccc(CNC(=O)[C@@]2(C)Cn3nc(-c4ccco4)cc3C(=O)N2c2cc(C)cc(C)c2)cc1. The fourth-order valence-electron chi connectivity index (χ4n) is 4.73. The van der Waals surface area contributed by atoms with Gasteiger partial charge in [0.05, 0.1) is 19.9 Å². The number of methoxy groups -OCH3 is 1. The topological polar surface area (TPSA) is 89.6 Å². The van der Waals surface area contributed by atoms with Crippen LogP contribution >= 0.6 is 0 Å². The smallest absolute Gasteiger partial charge is 0.277 e. The van der Waals surface area contributed by atoms with Gasteiger partial charge in [-0.2, -0.15) is 5.10 Å². The van der Waals surface area contributed by atoms with E-state index in [0.29, 0.717) is 29.4 Å². The number of nitrogens with one attached hydrogen (secondary N) is 1. The third-order valence-electron chi connectivity index (χ3n) is 6.49. The van der Waals surface area contributed by atoms with Gasteiger partial charge in [0.25, 0.3) is 5.91 Å². The number of ether oxygens (including phenoxy) is 1. The van der Waals surface area contributed by atoms with Crippen molar-refractivity contribution in [3.63, 3.8) is 0 Å². The third kappa shape index (κ3) is 4.15. The molecule has 0 saturated heterocycles. The van der Waals surface area contributed by atoms with Crippen molar-refractivity contribution in [3.8, 4) is 17.2 Å². The number of anilines is 1. The van der Waals surface area contributed by atoms with Crippen LogP contribution in [0.2, 0.25) is 0 Å². The Kier molecular flexibility index (Phi) is 5.88. The maximum Gasteiger partial charge on any atom is 0.277 e. The monoisotopic (exact) mass is 484 g/mol. The van der Waals surface area contributed by atoms with Crippen LogP contribution in [0.5, 0.6) is 5.75 Å². The number of furan rings is 1. The van der Waals surface area contributed by atoms with E-state index in [-0.39, 0.29) is 18.4 Å². The highest BCUT2D eigenvalue weighted by Crippen LogP contribution is 2.35. The van der Waals surface area contributed by atoms with Crippen LogP contribution < -0.4 is 15.0 Å². The quantitative estimate of drug-likeness (QED) is 0.435. The van der Waals surface area contributed by atoms with E-state index in [2.05, 4.69) is 10.4 Å². The lowest BCUT2D eigenvalue weighted by molar-refractivity contribution is -0.126. The van der Waals surface area contributed by atoms with Gasteiger partial charge < -0.3 is 14.5 Å². The first kappa shape index (κ1) is 23.4. The zero-order valence-electron chi connectivity index (χ0n) is 20.7. The highest BCUT2D eigenvalue weighted by molar-refractivity contribution is 6.12. The molecule has 0 saturated carbocycles. The summed E-state index contributed by atoms with van der Waals surface area (Å²) in [7, 11) is 1.61. The minimum Gasteiger partial charge on any atom is -0.497 e. The molecule has 2 aromatic heterocycles. The number of carbonyl (C=O) groups is 2. The first-order valence-corrected chi connectivity index (χ1v) is 11.7. The summed E-state index contributed by atoms with van der Waals surface area (Å²) in [6.45, 7) is 6.24. The number of rotatable bonds is 6. The van der Waals surface area contributed by atoms with Gasteiger partial charge in [0, 0.05) is 18.3 Å². The molecule has 8 heteroatoms. The molecule has 2 amide bonds. The molecule has 1 aliphatic rings. The number of benzene rings is 2. The largest absolute Gasteiger partial charge is 0.497 e. The first-order valence-electron chi connectivity index (χ1n) is 11.7. The molecule has 1 N–H and O–H groups in total. The summed E-state index contributed by atoms with van der Waals surface area (Å²) in [5, 5.41) is 7.63. The van der Waals surface area contributed by atoms with Crippen LogP contribution in [0.25, 0.3) is 11.5 Å². The molecule has 0 spiro atoms. The Bertz CT molecular complexity index is 1400. The molecule has 0 radical (unpaired) electrons. The van der Waals surface area contributed by atoms with Gasteiger partial charge >= 0.3 is 0 Å². The van der Waals surface area contributed by atoms with Gasteiger partial charge in [-0.3, -0.25) is 19.2 Å². The number of fused-ring (bicyclic) bond motifs is 1. The van der Waals surface area contributed by atoms with Crippen molar-refractivity contribution in [3.05, 3.63) is 89.3 Å². The van der Waals surface area contributed by atoms with Gasteiger partial charge in [-0.15, -0.1) is 0 Å². The van der Waals surface area contributed by atoms with E-state index in [9.17, 15) is 9.59 Å². The second kappa shape index (κ2) is 9.03. The number of carbonyl (C=O) groups excluding carboxylic acids is 2. The molecule has 1 atom stereocenters. The van der Waals surface area contributed by atoms with Gasteiger partial charge in [0.2, 0.25) is 5.91 Å². The number of aryl methyl sites for hydroxylation is 2. The highest BCUT2D eigenvalue weighted by atomic mass is 16.5. The van der Waals surface area contributed by atoms with Crippen LogP contribution in [0.1, 0.15) is 34.1 Å². The van der Waals surface area contributed by atoms with Crippen molar-refractivity contribution in [1.82, 2.24) is 15.1 Å². The van der Waals surface area contributed by atoms with Gasteiger partial charge in [-0.25, -0.2) is 0 Å². The zero-order valence-corrected chi connectivity index (χ0v) is 20.7. The van der Waals surface area contributed by atoms with Crippen molar-refractivity contribution < 1.29 is 18.7 Å². The minimum absolute atomic E-state index is 0.191. The molecule has 4 aromatic rings. The summed E-state index contributed by atoms with van der Waals surface area (Å²) in [5.74, 6) is 0.743. The summed E-state index contributed by atoms with van der Waals surface area (Å²) in [5.41, 5.74) is 3.35. The Labute approximate surface area is 209 Å². The Morgan fingerprint density at radius 2 is 1.83 bits per heavy atom. The molecule has 0 bridgehead atoms. The summed E-state index contributed by atoms with van der Waals surface area (Å²) in [4.78, 5) is 29.3. The van der Waals surface area contributed by atoms with Crippen molar-refractivity contribution in [2.24, 2.45) is 0 Å². The van der Waals surface area contributed by atoms with Crippen molar-refractivity contribution >= 4 is 17.5 Å². The summed E-state index contributed by atoms with van der Waals surface area (Å²) < 4.78 is 12.3. The standard InChI is InChI=1S/C28H28N4O4/c1-18-12-19(2)14-21(13-18)32-26(33)24-15-23(25-6-5-11-36-25)30-31(24)17-28(32,3)27(34)29-16-20-7-9-22(35-4)10-8-20/h5-15H,16-17H2,1-4H3,(H,29,34)/t28-/m1/s1. The molecule has 5 rings (SSSR count). The normalized spacial score (nSPS) is 17.1. The van der Waals surface area contributed by atoms with Crippen molar-refractivity contribution in [2.45, 2.75) is 39.4 Å². The molecular formula is C28H28N4O4. The summed E-state index contributed by atoms with van der Waals surface area (Å²) in [6, 6.07) is 18.7. The average Bonchev–Trinajstić information content (AvgIpc) is 3.52. The van der Waals surface area contributed by atoms with Crippen LogP contribution in [-0.2, 0) is 17.9 Å². The number of hydrogen-bond acceptors (Lipinski definition) is 5. The predicted molar refractivity (Wildman–Crippen MR) is 136 cm³/mol. The van der Waals surface area contributed by atoms with Crippen LogP contribution in [-0.4, -0.2) is 34.2 Å². The van der Waals surface area contributed by atoms with E-state index in [1.165, 1.54) is 0 Å². The highest BCUT2D eigenvalue weighted by Gasteiger charge is 2.49. The minimum atomic E-state index is -1.22. The van der Waals surface area contributed by atoms with Crippen molar-refractivity contribution in [1.29, 1.82) is 0 Å². The Morgan fingerprint density at radius 3 is 2.47 bits per heavy atom. The second-order valence-corrected chi connectivity index (χ2v) is 9.34. The van der Waals surface area contributed by atoms with Gasteiger partial charge in [0.15, 0.2) is 5.76 Å². The Morgan fingerprint density at radius 1 is 1.11 bits per heavy atom. The molecule has 0 fully saturated rings. The fraction of sp³-hybridized carbons (Fsp3) is 0.250. The Hall–Kier alpha value is -4.33. The molecule has 0 aliphatic carbocycles. The van der Waals surface area contributed by atoms with Crippen LogP contribution in [0, 0.1) is 13.8 Å². The maximum atomic E-state index is 13.9. The molecular weight excluding hydrogens is 456 g/mol. The van der Waals surface area contributed by atoms with Gasteiger partial charge in [-0.05, 0) is 73.9 Å². The molecule has 3 heterocycles. The number of aromatic nitrogens is 2. The molecule has 36 heavy (non-hydrogen) atoms.